The van der Waals surface area contributed by atoms with E-state index in [9.17, 15) is 14.7 Å². The molecule has 0 bridgehead atoms. The van der Waals surface area contributed by atoms with E-state index in [1.54, 1.807) is 24.3 Å². The van der Waals surface area contributed by atoms with Crippen molar-refractivity contribution in [2.24, 2.45) is 0 Å². The van der Waals surface area contributed by atoms with E-state index in [0.29, 0.717) is 11.4 Å². The minimum atomic E-state index is -0.814. The molecule has 23 heavy (non-hydrogen) atoms. The molecule has 1 aromatic carbocycles. The van der Waals surface area contributed by atoms with Gasteiger partial charge < -0.3 is 20.2 Å². The van der Waals surface area contributed by atoms with Crippen molar-refractivity contribution in [3.8, 4) is 0 Å². The lowest BCUT2D eigenvalue weighted by atomic mass is 10.2. The fraction of sp³-hybridized carbons (Fsp3) is 0.250. The fourth-order valence-corrected chi connectivity index (χ4v) is 2.51. The quantitative estimate of drug-likeness (QED) is 0.556. The molecule has 1 aromatic heterocycles. The van der Waals surface area contributed by atoms with E-state index in [0.717, 1.165) is 4.90 Å². The standard InChI is InChI=1S/C16H18N2O4S/c1-23-14-7-3-2-5-11(14)18-16(21)15(20)17-9-8-12(19)13-6-4-10-22-13/h2-7,10,12,19H,8-9H2,1H3,(H,17,20)(H,18,21)/t12-/m0/s1. The van der Waals surface area contributed by atoms with E-state index >= 15 is 0 Å². The van der Waals surface area contributed by atoms with Crippen molar-refractivity contribution < 1.29 is 19.1 Å². The van der Waals surface area contributed by atoms with Crippen LogP contribution < -0.4 is 10.6 Å². The van der Waals surface area contributed by atoms with Gasteiger partial charge in [-0.3, -0.25) is 9.59 Å². The number of aliphatic hydroxyl groups excluding tert-OH is 1. The summed E-state index contributed by atoms with van der Waals surface area (Å²) in [6, 6.07) is 10.6. The molecule has 0 saturated heterocycles. The maximum atomic E-state index is 11.9. The van der Waals surface area contributed by atoms with Gasteiger partial charge in [-0.2, -0.15) is 0 Å². The van der Waals surface area contributed by atoms with Crippen LogP contribution >= 0.6 is 11.8 Å². The lowest BCUT2D eigenvalue weighted by molar-refractivity contribution is -0.136. The summed E-state index contributed by atoms with van der Waals surface area (Å²) in [5.74, 6) is -1.05. The van der Waals surface area contributed by atoms with Gasteiger partial charge >= 0.3 is 11.8 Å². The number of carbonyl (C=O) groups excluding carboxylic acids is 2. The third-order valence-corrected chi connectivity index (χ3v) is 3.93. The Morgan fingerprint density at radius 1 is 1.22 bits per heavy atom. The normalized spacial score (nSPS) is 11.7. The highest BCUT2D eigenvalue weighted by Gasteiger charge is 2.16. The highest BCUT2D eigenvalue weighted by Crippen LogP contribution is 2.24. The predicted molar refractivity (Wildman–Crippen MR) is 88.1 cm³/mol. The van der Waals surface area contributed by atoms with Crippen LogP contribution in [0.5, 0.6) is 0 Å². The average molecular weight is 334 g/mol. The maximum absolute atomic E-state index is 11.9. The molecule has 122 valence electrons. The molecular formula is C16H18N2O4S. The third-order valence-electron chi connectivity index (χ3n) is 3.14. The van der Waals surface area contributed by atoms with Gasteiger partial charge in [-0.1, -0.05) is 12.1 Å². The predicted octanol–water partition coefficient (Wildman–Crippen LogP) is 2.18. The van der Waals surface area contributed by atoms with Crippen LogP contribution in [0.25, 0.3) is 0 Å². The number of para-hydroxylation sites is 1. The van der Waals surface area contributed by atoms with E-state index in [1.807, 2.05) is 18.4 Å². The Balaban J connectivity index is 1.80. The minimum Gasteiger partial charge on any atom is -0.467 e. The molecular weight excluding hydrogens is 316 g/mol. The third kappa shape index (κ3) is 4.87. The van der Waals surface area contributed by atoms with Crippen molar-refractivity contribution in [1.29, 1.82) is 0 Å². The Bertz CT molecular complexity index is 658. The molecule has 7 heteroatoms. The first-order chi connectivity index (χ1) is 11.1. The van der Waals surface area contributed by atoms with Crippen LogP contribution in [0.2, 0.25) is 0 Å². The van der Waals surface area contributed by atoms with Crippen molar-refractivity contribution >= 4 is 29.3 Å². The topological polar surface area (TPSA) is 91.6 Å². The molecule has 1 atom stereocenters. The van der Waals surface area contributed by atoms with Gasteiger partial charge in [0.25, 0.3) is 0 Å². The summed E-state index contributed by atoms with van der Waals surface area (Å²) in [7, 11) is 0. The van der Waals surface area contributed by atoms with Crippen molar-refractivity contribution in [3.63, 3.8) is 0 Å². The van der Waals surface area contributed by atoms with Crippen LogP contribution in [-0.4, -0.2) is 29.7 Å². The first-order valence-electron chi connectivity index (χ1n) is 7.05. The number of rotatable bonds is 6. The summed E-state index contributed by atoms with van der Waals surface area (Å²) >= 11 is 1.48. The Kier molecular flexibility index (Phi) is 6.25. The minimum absolute atomic E-state index is 0.165. The summed E-state index contributed by atoms with van der Waals surface area (Å²) in [6.07, 6.45) is 2.80. The summed E-state index contributed by atoms with van der Waals surface area (Å²) in [6.45, 7) is 0.165. The second-order valence-corrected chi connectivity index (χ2v) is 5.58. The Labute approximate surface area is 138 Å². The van der Waals surface area contributed by atoms with Crippen molar-refractivity contribution in [1.82, 2.24) is 5.32 Å². The number of hydrogen-bond acceptors (Lipinski definition) is 5. The number of thioether (sulfide) groups is 1. The molecule has 0 aliphatic rings. The van der Waals surface area contributed by atoms with Crippen molar-refractivity contribution in [2.45, 2.75) is 17.4 Å². The van der Waals surface area contributed by atoms with Gasteiger partial charge in [-0.25, -0.2) is 0 Å². The van der Waals surface area contributed by atoms with E-state index < -0.39 is 17.9 Å². The van der Waals surface area contributed by atoms with Crippen LogP contribution in [-0.2, 0) is 9.59 Å². The summed E-state index contributed by atoms with van der Waals surface area (Å²) in [5, 5.41) is 14.9. The van der Waals surface area contributed by atoms with E-state index in [1.165, 1.54) is 18.0 Å². The Morgan fingerprint density at radius 3 is 2.70 bits per heavy atom. The second kappa shape index (κ2) is 8.40. The van der Waals surface area contributed by atoms with Gasteiger partial charge in [0.2, 0.25) is 0 Å². The Morgan fingerprint density at radius 2 is 2.00 bits per heavy atom. The van der Waals surface area contributed by atoms with E-state index in [2.05, 4.69) is 10.6 Å². The van der Waals surface area contributed by atoms with Gasteiger partial charge in [0.15, 0.2) is 0 Å². The molecule has 0 saturated carbocycles. The molecule has 0 radical (unpaired) electrons. The van der Waals surface area contributed by atoms with Gasteiger partial charge in [0.05, 0.1) is 12.0 Å². The number of benzene rings is 1. The monoisotopic (exact) mass is 334 g/mol. The fourth-order valence-electron chi connectivity index (χ4n) is 1.95. The SMILES string of the molecule is CSc1ccccc1NC(=O)C(=O)NCC[C@H](O)c1ccco1. The second-order valence-electron chi connectivity index (χ2n) is 4.73. The number of aliphatic hydroxyl groups is 1. The summed E-state index contributed by atoms with van der Waals surface area (Å²) < 4.78 is 5.06. The molecule has 2 aromatic rings. The molecule has 3 N–H and O–H groups in total. The lowest BCUT2D eigenvalue weighted by Crippen LogP contribution is -2.36. The van der Waals surface area contributed by atoms with Gasteiger partial charge in [0.1, 0.15) is 11.9 Å². The molecule has 2 amide bonds. The molecule has 0 unspecified atom stereocenters. The highest BCUT2D eigenvalue weighted by atomic mass is 32.2. The zero-order chi connectivity index (χ0) is 16.7. The smallest absolute Gasteiger partial charge is 0.313 e. The molecule has 1 heterocycles. The number of furan rings is 1. The van der Waals surface area contributed by atoms with Crippen LogP contribution in [0.15, 0.2) is 52.0 Å². The van der Waals surface area contributed by atoms with Crippen molar-refractivity contribution in [3.05, 3.63) is 48.4 Å². The van der Waals surface area contributed by atoms with E-state index in [-0.39, 0.29) is 13.0 Å². The summed E-state index contributed by atoms with van der Waals surface area (Å²) in [4.78, 5) is 24.5. The Hall–Kier alpha value is -2.25. The summed E-state index contributed by atoms with van der Waals surface area (Å²) in [5.41, 5.74) is 0.593. The van der Waals surface area contributed by atoms with Crippen LogP contribution in [0, 0.1) is 0 Å². The average Bonchev–Trinajstić information content (AvgIpc) is 3.09. The molecule has 2 rings (SSSR count). The maximum Gasteiger partial charge on any atom is 0.313 e. The molecule has 0 aliphatic heterocycles. The van der Waals surface area contributed by atoms with Crippen molar-refractivity contribution in [2.75, 3.05) is 18.1 Å². The lowest BCUT2D eigenvalue weighted by Gasteiger charge is -2.10. The van der Waals surface area contributed by atoms with Gasteiger partial charge in [-0.05, 0) is 36.9 Å². The molecule has 0 spiro atoms. The first kappa shape index (κ1) is 17.1. The van der Waals surface area contributed by atoms with Gasteiger partial charge in [0, 0.05) is 11.4 Å². The highest BCUT2D eigenvalue weighted by molar-refractivity contribution is 7.98. The van der Waals surface area contributed by atoms with Crippen LogP contribution in [0.1, 0.15) is 18.3 Å². The van der Waals surface area contributed by atoms with Crippen LogP contribution in [0.4, 0.5) is 5.69 Å². The number of nitrogens with one attached hydrogen (secondary N) is 2. The molecule has 6 nitrogen and oxygen atoms in total. The van der Waals surface area contributed by atoms with Crippen LogP contribution in [0.3, 0.4) is 0 Å². The van der Waals surface area contributed by atoms with Gasteiger partial charge in [-0.15, -0.1) is 11.8 Å². The number of amides is 2. The molecule has 0 fully saturated rings. The number of carbonyl (C=O) groups is 2. The zero-order valence-corrected chi connectivity index (χ0v) is 13.4. The molecule has 0 aliphatic carbocycles. The largest absolute Gasteiger partial charge is 0.467 e. The van der Waals surface area contributed by atoms with E-state index in [4.69, 9.17) is 4.42 Å². The number of anilines is 1. The zero-order valence-electron chi connectivity index (χ0n) is 12.6. The first-order valence-corrected chi connectivity index (χ1v) is 8.28. The number of hydrogen-bond donors (Lipinski definition) is 3.